The first-order chi connectivity index (χ1) is 7.81. The summed E-state index contributed by atoms with van der Waals surface area (Å²) >= 11 is 0. The number of hydrogen-bond acceptors (Lipinski definition) is 3. The maximum atomic E-state index is 9.24. The Balaban J connectivity index is 1.94. The number of hydrogen-bond donors (Lipinski definition) is 2. The Morgan fingerprint density at radius 2 is 2.12 bits per heavy atom. The van der Waals surface area contributed by atoms with Crippen molar-refractivity contribution in [1.82, 2.24) is 4.90 Å². The number of aliphatic hydroxyl groups is 1. The van der Waals surface area contributed by atoms with Crippen LogP contribution in [-0.2, 0) is 0 Å². The molecule has 1 aromatic rings. The van der Waals surface area contributed by atoms with E-state index < -0.39 is 0 Å². The van der Waals surface area contributed by atoms with E-state index in [0.29, 0.717) is 6.04 Å². The normalized spacial score (nSPS) is 23.5. The van der Waals surface area contributed by atoms with Crippen molar-refractivity contribution in [3.63, 3.8) is 0 Å². The van der Waals surface area contributed by atoms with Crippen LogP contribution in [0.3, 0.4) is 0 Å². The highest BCUT2D eigenvalue weighted by Gasteiger charge is 2.25. The summed E-state index contributed by atoms with van der Waals surface area (Å²) in [7, 11) is 0. The molecule has 0 bridgehead atoms. The van der Waals surface area contributed by atoms with Gasteiger partial charge in [0, 0.05) is 18.6 Å². The quantitative estimate of drug-likeness (QED) is 0.800. The Kier molecular flexibility index (Phi) is 3.93. The molecule has 0 spiro atoms. The predicted octanol–water partition coefficient (Wildman–Crippen LogP) is 1.14. The molecular weight excluding hydrogens is 200 g/mol. The lowest BCUT2D eigenvalue weighted by Crippen LogP contribution is -2.37. The summed E-state index contributed by atoms with van der Waals surface area (Å²) in [6, 6.07) is 10.5. The van der Waals surface area contributed by atoms with Crippen molar-refractivity contribution in [2.45, 2.75) is 24.9 Å². The summed E-state index contributed by atoms with van der Waals surface area (Å²) in [5.74, 6) is 0. The zero-order chi connectivity index (χ0) is 11.4. The average molecular weight is 220 g/mol. The Morgan fingerprint density at radius 1 is 1.38 bits per heavy atom. The summed E-state index contributed by atoms with van der Waals surface area (Å²) in [5, 5.41) is 9.24. The number of benzene rings is 1. The van der Waals surface area contributed by atoms with E-state index in [1.807, 2.05) is 18.2 Å². The van der Waals surface area contributed by atoms with Crippen LogP contribution in [0.1, 0.15) is 24.4 Å². The average Bonchev–Trinajstić information content (AvgIpc) is 2.77. The van der Waals surface area contributed by atoms with Crippen molar-refractivity contribution in [2.24, 2.45) is 5.73 Å². The molecule has 1 saturated heterocycles. The first-order valence-corrected chi connectivity index (χ1v) is 5.96. The van der Waals surface area contributed by atoms with E-state index in [0.717, 1.165) is 19.5 Å². The number of likely N-dealkylation sites (tertiary alicyclic amines) is 1. The van der Waals surface area contributed by atoms with E-state index >= 15 is 0 Å². The topological polar surface area (TPSA) is 49.5 Å². The van der Waals surface area contributed by atoms with Gasteiger partial charge in [-0.05, 0) is 24.9 Å². The zero-order valence-corrected chi connectivity index (χ0v) is 9.55. The lowest BCUT2D eigenvalue weighted by atomic mass is 10.1. The molecule has 88 valence electrons. The summed E-state index contributed by atoms with van der Waals surface area (Å²) < 4.78 is 0. The maximum absolute atomic E-state index is 9.24. The Labute approximate surface area is 96.9 Å². The van der Waals surface area contributed by atoms with Crippen molar-refractivity contribution in [3.05, 3.63) is 35.9 Å². The first-order valence-electron chi connectivity index (χ1n) is 5.96. The van der Waals surface area contributed by atoms with Crippen LogP contribution in [0, 0.1) is 0 Å². The fourth-order valence-electron chi connectivity index (χ4n) is 2.40. The molecule has 2 atom stereocenters. The van der Waals surface area contributed by atoms with Gasteiger partial charge in [-0.3, -0.25) is 4.90 Å². The second kappa shape index (κ2) is 5.43. The van der Waals surface area contributed by atoms with Gasteiger partial charge in [-0.2, -0.15) is 0 Å². The maximum Gasteiger partial charge on any atom is 0.0586 e. The van der Waals surface area contributed by atoms with Gasteiger partial charge in [0.15, 0.2) is 0 Å². The monoisotopic (exact) mass is 220 g/mol. The van der Waals surface area contributed by atoms with E-state index in [1.54, 1.807) is 0 Å². The van der Waals surface area contributed by atoms with Crippen LogP contribution in [0.25, 0.3) is 0 Å². The Morgan fingerprint density at radius 3 is 2.81 bits per heavy atom. The molecule has 1 aliphatic rings. The molecule has 0 amide bonds. The molecule has 1 aliphatic heterocycles. The molecule has 3 heteroatoms. The summed E-state index contributed by atoms with van der Waals surface area (Å²) in [4.78, 5) is 2.30. The van der Waals surface area contributed by atoms with Crippen molar-refractivity contribution >= 4 is 0 Å². The molecule has 0 aromatic heterocycles. The van der Waals surface area contributed by atoms with Crippen molar-refractivity contribution in [1.29, 1.82) is 0 Å². The smallest absolute Gasteiger partial charge is 0.0586 e. The molecule has 3 N–H and O–H groups in total. The predicted molar refractivity (Wildman–Crippen MR) is 65.1 cm³/mol. The van der Waals surface area contributed by atoms with E-state index in [9.17, 15) is 5.11 Å². The Hall–Kier alpha value is -0.900. The molecule has 1 aromatic carbocycles. The van der Waals surface area contributed by atoms with Crippen LogP contribution in [0.5, 0.6) is 0 Å². The molecule has 0 saturated carbocycles. The molecular formula is C13H20N2O. The van der Waals surface area contributed by atoms with Gasteiger partial charge in [0.25, 0.3) is 0 Å². The van der Waals surface area contributed by atoms with Crippen LogP contribution in [0.15, 0.2) is 30.3 Å². The summed E-state index contributed by atoms with van der Waals surface area (Å²) in [5.41, 5.74) is 7.34. The highest BCUT2D eigenvalue weighted by molar-refractivity contribution is 5.18. The van der Waals surface area contributed by atoms with Crippen molar-refractivity contribution in [2.75, 3.05) is 19.7 Å². The fraction of sp³-hybridized carbons (Fsp3) is 0.538. The molecule has 0 unspecified atom stereocenters. The molecule has 2 rings (SSSR count). The van der Waals surface area contributed by atoms with Crippen molar-refractivity contribution in [3.8, 4) is 0 Å². The van der Waals surface area contributed by atoms with E-state index in [-0.39, 0.29) is 12.6 Å². The molecule has 1 fully saturated rings. The molecule has 0 radical (unpaired) electrons. The van der Waals surface area contributed by atoms with E-state index in [2.05, 4.69) is 17.0 Å². The third-order valence-corrected chi connectivity index (χ3v) is 3.37. The van der Waals surface area contributed by atoms with Gasteiger partial charge in [-0.15, -0.1) is 0 Å². The van der Waals surface area contributed by atoms with Crippen LogP contribution >= 0.6 is 0 Å². The van der Waals surface area contributed by atoms with Crippen LogP contribution in [-0.4, -0.2) is 35.7 Å². The van der Waals surface area contributed by atoms with Gasteiger partial charge >= 0.3 is 0 Å². The minimum atomic E-state index is 0.0494. The van der Waals surface area contributed by atoms with Gasteiger partial charge in [0.2, 0.25) is 0 Å². The standard InChI is InChI=1S/C13H20N2O/c14-13(11-5-2-1-3-6-11)9-15-8-4-7-12(15)10-16/h1-3,5-6,12-13,16H,4,7-10,14H2/t12-,13+/m0/s1. The minimum Gasteiger partial charge on any atom is -0.395 e. The Bertz CT molecular complexity index is 315. The van der Waals surface area contributed by atoms with Gasteiger partial charge in [-0.1, -0.05) is 30.3 Å². The largest absolute Gasteiger partial charge is 0.395 e. The second-order valence-corrected chi connectivity index (χ2v) is 4.49. The number of nitrogens with two attached hydrogens (primary N) is 1. The van der Waals surface area contributed by atoms with Crippen LogP contribution in [0.2, 0.25) is 0 Å². The number of nitrogens with zero attached hydrogens (tertiary/aromatic N) is 1. The van der Waals surface area contributed by atoms with E-state index in [4.69, 9.17) is 5.73 Å². The lowest BCUT2D eigenvalue weighted by Gasteiger charge is -2.26. The van der Waals surface area contributed by atoms with Gasteiger partial charge in [0.05, 0.1) is 6.61 Å². The summed E-state index contributed by atoms with van der Waals surface area (Å²) in [6.07, 6.45) is 2.27. The SMILES string of the molecule is N[C@H](CN1CCC[C@H]1CO)c1ccccc1. The van der Waals surface area contributed by atoms with Crippen LogP contribution in [0.4, 0.5) is 0 Å². The van der Waals surface area contributed by atoms with E-state index in [1.165, 1.54) is 12.0 Å². The second-order valence-electron chi connectivity index (χ2n) is 4.49. The molecule has 1 heterocycles. The van der Waals surface area contributed by atoms with Gasteiger partial charge < -0.3 is 10.8 Å². The lowest BCUT2D eigenvalue weighted by molar-refractivity contribution is 0.153. The summed E-state index contributed by atoms with van der Waals surface area (Å²) in [6.45, 7) is 2.16. The third kappa shape index (κ3) is 2.61. The minimum absolute atomic E-state index is 0.0494. The highest BCUT2D eigenvalue weighted by Crippen LogP contribution is 2.20. The van der Waals surface area contributed by atoms with Gasteiger partial charge in [-0.25, -0.2) is 0 Å². The number of aliphatic hydroxyl groups excluding tert-OH is 1. The van der Waals surface area contributed by atoms with Gasteiger partial charge in [0.1, 0.15) is 0 Å². The molecule has 16 heavy (non-hydrogen) atoms. The van der Waals surface area contributed by atoms with Crippen molar-refractivity contribution < 1.29 is 5.11 Å². The van der Waals surface area contributed by atoms with Crippen LogP contribution < -0.4 is 5.73 Å². The third-order valence-electron chi connectivity index (χ3n) is 3.37. The number of rotatable bonds is 4. The highest BCUT2D eigenvalue weighted by atomic mass is 16.3. The fourth-order valence-corrected chi connectivity index (χ4v) is 2.40. The molecule has 3 nitrogen and oxygen atoms in total. The molecule has 0 aliphatic carbocycles. The first kappa shape index (κ1) is 11.6. The zero-order valence-electron chi connectivity index (χ0n) is 9.55.